The molecule has 0 amide bonds. The number of nitrogens with one attached hydrogen (secondary N) is 1. The van der Waals surface area contributed by atoms with Crippen LogP contribution in [0.5, 0.6) is 0 Å². The van der Waals surface area contributed by atoms with E-state index < -0.39 is 0 Å². The summed E-state index contributed by atoms with van der Waals surface area (Å²) >= 11 is 0. The van der Waals surface area contributed by atoms with E-state index in [4.69, 9.17) is 0 Å². The van der Waals surface area contributed by atoms with Gasteiger partial charge >= 0.3 is 0 Å². The minimum Gasteiger partial charge on any atom is -0.298 e. The van der Waals surface area contributed by atoms with Crippen molar-refractivity contribution in [2.45, 2.75) is 6.04 Å². The van der Waals surface area contributed by atoms with E-state index in [1.807, 2.05) is 24.3 Å². The predicted octanol–water partition coefficient (Wildman–Crippen LogP) is 6.31. The van der Waals surface area contributed by atoms with Crippen LogP contribution in [0.3, 0.4) is 0 Å². The lowest BCUT2D eigenvalue weighted by atomic mass is 9.97. The van der Waals surface area contributed by atoms with Gasteiger partial charge in [-0.1, -0.05) is 97.1 Å². The molecule has 0 fully saturated rings. The first-order valence-corrected chi connectivity index (χ1v) is 9.18. The summed E-state index contributed by atoms with van der Waals surface area (Å²) in [4.78, 5) is 0. The van der Waals surface area contributed by atoms with Crippen LogP contribution in [0.25, 0.3) is 0 Å². The fraction of sp³-hybridized carbons (Fsp3) is 0.0400. The highest BCUT2D eigenvalue weighted by molar-refractivity contribution is 5.59. The zero-order valence-corrected chi connectivity index (χ0v) is 15.1. The third-order valence-electron chi connectivity index (χ3n) is 4.55. The Kier molecular flexibility index (Phi) is 5.16. The lowest BCUT2D eigenvalue weighted by molar-refractivity contribution is 0.773. The zero-order valence-electron chi connectivity index (χ0n) is 15.1. The molecule has 0 heterocycles. The minimum absolute atomic E-state index is 0.0370. The van der Waals surface area contributed by atoms with Gasteiger partial charge in [0, 0.05) is 0 Å². The van der Waals surface area contributed by atoms with Crippen LogP contribution in [0.15, 0.2) is 121 Å². The molecule has 2 heteroatoms. The van der Waals surface area contributed by atoms with Gasteiger partial charge in [-0.2, -0.15) is 0 Å². The molecule has 0 aromatic heterocycles. The van der Waals surface area contributed by atoms with Gasteiger partial charge in [-0.05, 0) is 35.4 Å². The van der Waals surface area contributed by atoms with Crippen LogP contribution >= 0.6 is 0 Å². The molecule has 0 aliphatic heterocycles. The molecule has 0 aliphatic carbocycles. The van der Waals surface area contributed by atoms with Crippen molar-refractivity contribution in [3.05, 3.63) is 132 Å². The van der Waals surface area contributed by atoms with E-state index in [1.165, 1.54) is 11.1 Å². The lowest BCUT2D eigenvalue weighted by Crippen LogP contribution is -2.35. The zero-order chi connectivity index (χ0) is 18.3. The van der Waals surface area contributed by atoms with Crippen LogP contribution < -0.4 is 10.4 Å². The maximum Gasteiger partial charge on any atom is 0.100 e. The van der Waals surface area contributed by atoms with Crippen molar-refractivity contribution < 1.29 is 0 Å². The highest BCUT2D eigenvalue weighted by atomic mass is 15.5. The van der Waals surface area contributed by atoms with E-state index in [2.05, 4.69) is 107 Å². The molecule has 4 rings (SSSR count). The van der Waals surface area contributed by atoms with Crippen molar-refractivity contribution in [1.29, 1.82) is 0 Å². The highest BCUT2D eigenvalue weighted by Crippen LogP contribution is 2.33. The summed E-state index contributed by atoms with van der Waals surface area (Å²) in [6.45, 7) is 0. The fourth-order valence-electron chi connectivity index (χ4n) is 3.28. The van der Waals surface area contributed by atoms with Gasteiger partial charge in [0.05, 0.1) is 11.4 Å². The molecule has 0 radical (unpaired) electrons. The molecule has 2 nitrogen and oxygen atoms in total. The van der Waals surface area contributed by atoms with Crippen molar-refractivity contribution in [3.8, 4) is 0 Å². The Morgan fingerprint density at radius 3 is 1.37 bits per heavy atom. The normalized spacial score (nSPS) is 10.6. The summed E-state index contributed by atoms with van der Waals surface area (Å²) in [5, 5.41) is 2.24. The molecule has 4 aromatic carbocycles. The average molecular weight is 350 g/mol. The van der Waals surface area contributed by atoms with Crippen molar-refractivity contribution in [3.63, 3.8) is 0 Å². The topological polar surface area (TPSA) is 15.3 Å². The van der Waals surface area contributed by atoms with Gasteiger partial charge in [0.1, 0.15) is 6.04 Å². The van der Waals surface area contributed by atoms with Crippen molar-refractivity contribution in [2.24, 2.45) is 0 Å². The number of hydrogen-bond donors (Lipinski definition) is 1. The third kappa shape index (κ3) is 4.01. The van der Waals surface area contributed by atoms with Crippen LogP contribution in [-0.2, 0) is 0 Å². The van der Waals surface area contributed by atoms with Gasteiger partial charge in [0.25, 0.3) is 0 Å². The number of nitrogens with zero attached hydrogens (tertiary/aromatic N) is 1. The van der Waals surface area contributed by atoms with Crippen molar-refractivity contribution in [1.82, 2.24) is 0 Å². The Labute approximate surface area is 160 Å². The van der Waals surface area contributed by atoms with Gasteiger partial charge in [0.2, 0.25) is 0 Å². The average Bonchev–Trinajstić information content (AvgIpc) is 2.76. The summed E-state index contributed by atoms with van der Waals surface area (Å²) < 4.78 is 0. The second-order valence-corrected chi connectivity index (χ2v) is 6.41. The molecule has 0 bridgehead atoms. The molecular weight excluding hydrogens is 328 g/mol. The summed E-state index contributed by atoms with van der Waals surface area (Å²) in [6, 6.07) is 42.0. The van der Waals surface area contributed by atoms with Gasteiger partial charge in [-0.25, -0.2) is 0 Å². The van der Waals surface area contributed by atoms with E-state index in [0.717, 1.165) is 11.4 Å². The maximum absolute atomic E-state index is 3.63. The van der Waals surface area contributed by atoms with Crippen LogP contribution in [-0.4, -0.2) is 0 Å². The summed E-state index contributed by atoms with van der Waals surface area (Å²) in [5.74, 6) is 0. The van der Waals surface area contributed by atoms with E-state index in [9.17, 15) is 0 Å². The summed E-state index contributed by atoms with van der Waals surface area (Å²) in [6.07, 6.45) is 0. The van der Waals surface area contributed by atoms with E-state index in [-0.39, 0.29) is 6.04 Å². The fourth-order valence-corrected chi connectivity index (χ4v) is 3.28. The van der Waals surface area contributed by atoms with Gasteiger partial charge < -0.3 is 0 Å². The first kappa shape index (κ1) is 16.9. The molecule has 4 aromatic rings. The monoisotopic (exact) mass is 350 g/mol. The maximum atomic E-state index is 3.63. The summed E-state index contributed by atoms with van der Waals surface area (Å²) in [7, 11) is 0. The Balaban J connectivity index is 1.83. The lowest BCUT2D eigenvalue weighted by Gasteiger charge is -2.35. The third-order valence-corrected chi connectivity index (χ3v) is 4.55. The Bertz CT molecular complexity index is 899. The van der Waals surface area contributed by atoms with Gasteiger partial charge in [-0.3, -0.25) is 10.4 Å². The Morgan fingerprint density at radius 1 is 0.481 bits per heavy atom. The molecule has 27 heavy (non-hydrogen) atoms. The van der Waals surface area contributed by atoms with Crippen LogP contribution in [0.2, 0.25) is 0 Å². The number of hydrogen-bond acceptors (Lipinski definition) is 2. The quantitative estimate of drug-likeness (QED) is 0.410. The number of rotatable bonds is 6. The van der Waals surface area contributed by atoms with Crippen LogP contribution in [0.1, 0.15) is 17.2 Å². The number of anilines is 2. The van der Waals surface area contributed by atoms with E-state index >= 15 is 0 Å². The molecule has 0 unspecified atom stereocenters. The molecule has 0 saturated carbocycles. The predicted molar refractivity (Wildman–Crippen MR) is 114 cm³/mol. The molecule has 0 spiro atoms. The molecule has 132 valence electrons. The smallest absolute Gasteiger partial charge is 0.100 e. The van der Waals surface area contributed by atoms with Gasteiger partial charge in [0.15, 0.2) is 0 Å². The first-order chi connectivity index (χ1) is 13.4. The molecule has 0 aliphatic rings. The first-order valence-electron chi connectivity index (χ1n) is 9.18. The Morgan fingerprint density at radius 2 is 0.889 bits per heavy atom. The molecule has 1 N–H and O–H groups in total. The highest BCUT2D eigenvalue weighted by Gasteiger charge is 2.23. The van der Waals surface area contributed by atoms with E-state index in [1.54, 1.807) is 0 Å². The second kappa shape index (κ2) is 8.24. The number of hydrazine groups is 1. The Hall–Kier alpha value is -3.52. The molecular formula is C25H22N2. The SMILES string of the molecule is c1ccc(NN(c2ccccc2)C(c2ccccc2)c2ccccc2)cc1. The van der Waals surface area contributed by atoms with Crippen molar-refractivity contribution >= 4 is 11.4 Å². The number of benzene rings is 4. The molecule has 0 saturated heterocycles. The van der Waals surface area contributed by atoms with Crippen LogP contribution in [0, 0.1) is 0 Å². The minimum atomic E-state index is 0.0370. The standard InChI is InChI=1S/C25H22N2/c1-5-13-21(14-6-1)25(22-15-7-2-8-16-22)27(24-19-11-4-12-20-24)26-23-17-9-3-10-18-23/h1-20,25-26H. The van der Waals surface area contributed by atoms with Gasteiger partial charge in [-0.15, -0.1) is 0 Å². The summed E-state index contributed by atoms with van der Waals surface area (Å²) in [5.41, 5.74) is 8.25. The van der Waals surface area contributed by atoms with E-state index in [0.29, 0.717) is 0 Å². The molecule has 0 atom stereocenters. The largest absolute Gasteiger partial charge is 0.298 e. The van der Waals surface area contributed by atoms with Crippen LogP contribution in [0.4, 0.5) is 11.4 Å². The van der Waals surface area contributed by atoms with Crippen molar-refractivity contribution in [2.75, 3.05) is 10.4 Å². The second-order valence-electron chi connectivity index (χ2n) is 6.41. The number of para-hydroxylation sites is 2.